The van der Waals surface area contributed by atoms with Crippen LogP contribution < -0.4 is 0 Å². The SMILES string of the molecule is CCCN1C(=O)[C@H]2[C@H](CC=C3[C@H]2C[C@H]2C(=O)N(CCC)C(=O)[C@H]2[C@H]3c2ccccc2O)C1=O. The lowest BCUT2D eigenvalue weighted by atomic mass is 9.57. The predicted molar refractivity (Wildman–Crippen MR) is 120 cm³/mol. The third-order valence-corrected chi connectivity index (χ3v) is 8.00. The third kappa shape index (κ3) is 3.08. The van der Waals surface area contributed by atoms with Crippen molar-refractivity contribution < 1.29 is 24.3 Å². The summed E-state index contributed by atoms with van der Waals surface area (Å²) in [4.78, 5) is 55.9. The lowest BCUT2D eigenvalue weighted by molar-refractivity contribution is -0.142. The van der Waals surface area contributed by atoms with Crippen molar-refractivity contribution in [1.82, 2.24) is 9.80 Å². The summed E-state index contributed by atoms with van der Waals surface area (Å²) < 4.78 is 0. The van der Waals surface area contributed by atoms with Crippen LogP contribution in [0.4, 0.5) is 0 Å². The van der Waals surface area contributed by atoms with E-state index >= 15 is 0 Å². The summed E-state index contributed by atoms with van der Waals surface area (Å²) in [6.07, 6.45) is 4.23. The lowest BCUT2D eigenvalue weighted by Gasteiger charge is -2.44. The fourth-order valence-corrected chi connectivity index (χ4v) is 6.71. The average molecular weight is 451 g/mol. The van der Waals surface area contributed by atoms with Gasteiger partial charge in [-0.05, 0) is 37.7 Å². The van der Waals surface area contributed by atoms with Gasteiger partial charge in [0.15, 0.2) is 0 Å². The predicted octanol–water partition coefficient (Wildman–Crippen LogP) is 2.85. The highest BCUT2D eigenvalue weighted by atomic mass is 16.3. The first-order valence-electron chi connectivity index (χ1n) is 12.1. The second kappa shape index (κ2) is 8.12. The molecule has 7 nitrogen and oxygen atoms in total. The van der Waals surface area contributed by atoms with E-state index in [4.69, 9.17) is 0 Å². The molecule has 1 aromatic rings. The smallest absolute Gasteiger partial charge is 0.234 e. The largest absolute Gasteiger partial charge is 0.508 e. The maximum Gasteiger partial charge on any atom is 0.234 e. The van der Waals surface area contributed by atoms with E-state index < -0.39 is 29.6 Å². The Labute approximate surface area is 193 Å². The van der Waals surface area contributed by atoms with Crippen LogP contribution in [0.1, 0.15) is 51.0 Å². The molecule has 2 aliphatic heterocycles. The number of phenolic OH excluding ortho intramolecular Hbond substituents is 1. The minimum atomic E-state index is -0.588. The molecule has 3 fully saturated rings. The van der Waals surface area contributed by atoms with Gasteiger partial charge in [-0.15, -0.1) is 0 Å². The van der Waals surface area contributed by atoms with Crippen LogP contribution in [0.2, 0.25) is 0 Å². The van der Waals surface area contributed by atoms with Crippen molar-refractivity contribution in [1.29, 1.82) is 0 Å². The number of carbonyl (C=O) groups is 4. The van der Waals surface area contributed by atoms with Crippen LogP contribution in [0.5, 0.6) is 5.75 Å². The number of hydrogen-bond donors (Lipinski definition) is 1. The zero-order valence-electron chi connectivity index (χ0n) is 19.1. The third-order valence-electron chi connectivity index (χ3n) is 8.00. The minimum absolute atomic E-state index is 0.0838. The molecule has 2 heterocycles. The van der Waals surface area contributed by atoms with Crippen molar-refractivity contribution >= 4 is 23.6 Å². The van der Waals surface area contributed by atoms with Crippen LogP contribution in [0.15, 0.2) is 35.9 Å². The Balaban J connectivity index is 1.62. The summed E-state index contributed by atoms with van der Waals surface area (Å²) in [6.45, 7) is 4.65. The van der Waals surface area contributed by atoms with E-state index in [1.165, 1.54) is 9.80 Å². The number of fused-ring (bicyclic) bond motifs is 4. The second-order valence-electron chi connectivity index (χ2n) is 9.74. The average Bonchev–Trinajstić information content (AvgIpc) is 3.19. The molecule has 1 N–H and O–H groups in total. The van der Waals surface area contributed by atoms with Gasteiger partial charge in [0.1, 0.15) is 5.75 Å². The van der Waals surface area contributed by atoms with Crippen LogP contribution in [-0.2, 0) is 19.2 Å². The molecular weight excluding hydrogens is 420 g/mol. The fraction of sp³-hybridized carbons (Fsp3) is 0.538. The number of rotatable bonds is 5. The maximum atomic E-state index is 13.5. The van der Waals surface area contributed by atoms with Crippen molar-refractivity contribution in [3.8, 4) is 5.75 Å². The monoisotopic (exact) mass is 450 g/mol. The van der Waals surface area contributed by atoms with Crippen LogP contribution in [0.3, 0.4) is 0 Å². The molecule has 1 saturated carbocycles. The van der Waals surface area contributed by atoms with Gasteiger partial charge in [-0.3, -0.25) is 29.0 Å². The topological polar surface area (TPSA) is 95.0 Å². The Morgan fingerprint density at radius 2 is 1.42 bits per heavy atom. The number of benzene rings is 1. The van der Waals surface area contributed by atoms with Crippen molar-refractivity contribution in [2.45, 2.75) is 45.4 Å². The molecule has 1 aromatic carbocycles. The summed E-state index contributed by atoms with van der Waals surface area (Å²) in [7, 11) is 0. The van der Waals surface area contributed by atoms with Crippen molar-refractivity contribution in [3.05, 3.63) is 41.5 Å². The summed E-state index contributed by atoms with van der Waals surface area (Å²) in [6, 6.07) is 6.95. The molecule has 2 saturated heterocycles. The molecule has 6 atom stereocenters. The van der Waals surface area contributed by atoms with Gasteiger partial charge < -0.3 is 5.11 Å². The van der Waals surface area contributed by atoms with Crippen LogP contribution in [-0.4, -0.2) is 51.6 Å². The molecule has 2 aliphatic carbocycles. The number of para-hydroxylation sites is 1. The molecule has 174 valence electrons. The van der Waals surface area contributed by atoms with E-state index in [9.17, 15) is 24.3 Å². The second-order valence-corrected chi connectivity index (χ2v) is 9.74. The first-order chi connectivity index (χ1) is 15.9. The number of nitrogens with zero attached hydrogens (tertiary/aromatic N) is 2. The Bertz CT molecular complexity index is 1060. The van der Waals surface area contributed by atoms with Crippen LogP contribution in [0.25, 0.3) is 0 Å². The standard InChI is InChI=1S/C26H30N2O5/c1-3-11-27-23(30)16-10-9-14-17(21(16)25(27)32)13-18-22(26(33)28(12-4-2)24(18)31)20(14)15-7-5-6-8-19(15)29/h5-9,16-18,20-22,29H,3-4,10-13H2,1-2H3/t16-,17+,18+,20+,21-,22+/m0/s1. The van der Waals surface area contributed by atoms with E-state index in [-0.39, 0.29) is 35.3 Å². The molecule has 33 heavy (non-hydrogen) atoms. The first-order valence-corrected chi connectivity index (χ1v) is 12.1. The van der Waals surface area contributed by atoms with Gasteiger partial charge in [0.25, 0.3) is 0 Å². The van der Waals surface area contributed by atoms with E-state index in [0.717, 1.165) is 5.57 Å². The summed E-state index contributed by atoms with van der Waals surface area (Å²) in [5.41, 5.74) is 1.54. The highest BCUT2D eigenvalue weighted by molar-refractivity contribution is 6.08. The van der Waals surface area contributed by atoms with E-state index in [2.05, 4.69) is 0 Å². The Morgan fingerprint density at radius 3 is 2.06 bits per heavy atom. The van der Waals surface area contributed by atoms with E-state index in [0.29, 0.717) is 44.3 Å². The molecule has 4 amide bonds. The molecular formula is C26H30N2O5. The Hall–Kier alpha value is -2.96. The van der Waals surface area contributed by atoms with Crippen molar-refractivity contribution in [2.24, 2.45) is 29.6 Å². The maximum absolute atomic E-state index is 13.5. The van der Waals surface area contributed by atoms with Gasteiger partial charge in [0, 0.05) is 24.6 Å². The number of amides is 4. The highest BCUT2D eigenvalue weighted by Gasteiger charge is 2.61. The molecule has 0 unspecified atom stereocenters. The fourth-order valence-electron chi connectivity index (χ4n) is 6.71. The van der Waals surface area contributed by atoms with Crippen LogP contribution >= 0.6 is 0 Å². The summed E-state index contributed by atoms with van der Waals surface area (Å²) in [5, 5.41) is 10.7. The lowest BCUT2D eigenvalue weighted by Crippen LogP contribution is -2.43. The van der Waals surface area contributed by atoms with Crippen LogP contribution in [0, 0.1) is 29.6 Å². The molecule has 0 aromatic heterocycles. The molecule has 0 spiro atoms. The summed E-state index contributed by atoms with van der Waals surface area (Å²) in [5.74, 6) is -3.36. The van der Waals surface area contributed by atoms with Gasteiger partial charge in [-0.25, -0.2) is 0 Å². The van der Waals surface area contributed by atoms with Gasteiger partial charge in [0.2, 0.25) is 23.6 Å². The zero-order valence-corrected chi connectivity index (χ0v) is 19.1. The minimum Gasteiger partial charge on any atom is -0.508 e. The van der Waals surface area contributed by atoms with E-state index in [1.54, 1.807) is 18.2 Å². The first kappa shape index (κ1) is 21.9. The number of hydrogen-bond acceptors (Lipinski definition) is 5. The van der Waals surface area contributed by atoms with Crippen molar-refractivity contribution in [2.75, 3.05) is 13.1 Å². The number of phenols is 1. The van der Waals surface area contributed by atoms with E-state index in [1.807, 2.05) is 26.0 Å². The number of likely N-dealkylation sites (tertiary alicyclic amines) is 2. The normalized spacial score (nSPS) is 33.2. The number of aromatic hydroxyl groups is 1. The molecule has 5 rings (SSSR count). The van der Waals surface area contributed by atoms with Gasteiger partial charge >= 0.3 is 0 Å². The van der Waals surface area contributed by atoms with Crippen molar-refractivity contribution in [3.63, 3.8) is 0 Å². The molecule has 0 radical (unpaired) electrons. The summed E-state index contributed by atoms with van der Waals surface area (Å²) >= 11 is 0. The Morgan fingerprint density at radius 1 is 0.818 bits per heavy atom. The van der Waals surface area contributed by atoms with Gasteiger partial charge in [0.05, 0.1) is 23.7 Å². The molecule has 4 aliphatic rings. The molecule has 7 heteroatoms. The quantitative estimate of drug-likeness (QED) is 0.550. The number of carbonyl (C=O) groups excluding carboxylic acids is 4. The number of allylic oxidation sites excluding steroid dienone is 2. The van der Waals surface area contributed by atoms with Gasteiger partial charge in [-0.1, -0.05) is 43.7 Å². The Kier molecular flexibility index (Phi) is 5.38. The highest BCUT2D eigenvalue weighted by Crippen LogP contribution is 2.58. The van der Waals surface area contributed by atoms with Gasteiger partial charge in [-0.2, -0.15) is 0 Å². The molecule has 0 bridgehead atoms. The zero-order chi connectivity index (χ0) is 23.4. The number of imide groups is 2.